The SMILES string of the molecule is Cc1cc(Nc2ccc(N3CCOCC3)cc2)nc(N2CCc3ccccc3C2)n1. The molecule has 0 amide bonds. The number of nitrogens with zero attached hydrogens (tertiary/aromatic N) is 4. The van der Waals surface area contributed by atoms with Crippen LogP contribution in [0.2, 0.25) is 0 Å². The van der Waals surface area contributed by atoms with Gasteiger partial charge in [-0.2, -0.15) is 4.98 Å². The summed E-state index contributed by atoms with van der Waals surface area (Å²) in [7, 11) is 0. The van der Waals surface area contributed by atoms with Crippen LogP contribution in [-0.2, 0) is 17.7 Å². The molecular weight excluding hydrogens is 374 g/mol. The van der Waals surface area contributed by atoms with Crippen molar-refractivity contribution in [2.75, 3.05) is 48.0 Å². The largest absolute Gasteiger partial charge is 0.378 e. The number of ether oxygens (including phenoxy) is 1. The maximum absolute atomic E-state index is 5.44. The molecule has 6 nitrogen and oxygen atoms in total. The Kier molecular flexibility index (Phi) is 5.24. The number of rotatable bonds is 4. The molecule has 1 saturated heterocycles. The Morgan fingerprint density at radius 2 is 1.63 bits per heavy atom. The van der Waals surface area contributed by atoms with E-state index in [2.05, 4.69) is 63.6 Å². The highest BCUT2D eigenvalue weighted by atomic mass is 16.5. The highest BCUT2D eigenvalue weighted by molar-refractivity contribution is 5.62. The van der Waals surface area contributed by atoms with Crippen LogP contribution in [-0.4, -0.2) is 42.8 Å². The number of hydrogen-bond donors (Lipinski definition) is 1. The third-order valence-corrected chi connectivity index (χ3v) is 5.77. The number of anilines is 4. The van der Waals surface area contributed by atoms with Crippen LogP contribution in [0.25, 0.3) is 0 Å². The lowest BCUT2D eigenvalue weighted by Gasteiger charge is -2.29. The summed E-state index contributed by atoms with van der Waals surface area (Å²) >= 11 is 0. The highest BCUT2D eigenvalue weighted by Gasteiger charge is 2.19. The van der Waals surface area contributed by atoms with Crippen molar-refractivity contribution in [2.45, 2.75) is 19.9 Å². The monoisotopic (exact) mass is 401 g/mol. The van der Waals surface area contributed by atoms with Crippen LogP contribution < -0.4 is 15.1 Å². The van der Waals surface area contributed by atoms with Gasteiger partial charge in [0.1, 0.15) is 5.82 Å². The van der Waals surface area contributed by atoms with Crippen molar-refractivity contribution in [3.63, 3.8) is 0 Å². The van der Waals surface area contributed by atoms with Crippen molar-refractivity contribution >= 4 is 23.1 Å². The molecule has 1 aromatic heterocycles. The zero-order valence-electron chi connectivity index (χ0n) is 17.3. The number of fused-ring (bicyclic) bond motifs is 1. The van der Waals surface area contributed by atoms with Gasteiger partial charge in [-0.3, -0.25) is 0 Å². The van der Waals surface area contributed by atoms with Crippen molar-refractivity contribution < 1.29 is 4.74 Å². The summed E-state index contributed by atoms with van der Waals surface area (Å²) in [5.74, 6) is 1.62. The lowest BCUT2D eigenvalue weighted by atomic mass is 10.0. The molecule has 6 heteroatoms. The normalized spacial score (nSPS) is 16.3. The molecule has 0 saturated carbocycles. The van der Waals surface area contributed by atoms with Crippen LogP contribution in [0.1, 0.15) is 16.8 Å². The second-order valence-electron chi connectivity index (χ2n) is 7.91. The molecule has 5 rings (SSSR count). The van der Waals surface area contributed by atoms with Gasteiger partial charge in [0.05, 0.1) is 13.2 Å². The number of hydrogen-bond acceptors (Lipinski definition) is 6. The predicted octanol–water partition coefficient (Wildman–Crippen LogP) is 3.93. The molecule has 0 bridgehead atoms. The van der Waals surface area contributed by atoms with Gasteiger partial charge in [0.25, 0.3) is 0 Å². The molecule has 0 unspecified atom stereocenters. The molecule has 0 spiro atoms. The van der Waals surface area contributed by atoms with Gasteiger partial charge < -0.3 is 19.9 Å². The minimum Gasteiger partial charge on any atom is -0.378 e. The van der Waals surface area contributed by atoms with Crippen molar-refractivity contribution in [3.8, 4) is 0 Å². The van der Waals surface area contributed by atoms with Gasteiger partial charge in [-0.25, -0.2) is 4.98 Å². The van der Waals surface area contributed by atoms with E-state index in [1.165, 1.54) is 16.8 Å². The second kappa shape index (κ2) is 8.32. The van der Waals surface area contributed by atoms with Crippen LogP contribution in [0.4, 0.5) is 23.1 Å². The van der Waals surface area contributed by atoms with Gasteiger partial charge in [-0.1, -0.05) is 24.3 Å². The first-order chi connectivity index (χ1) is 14.7. The maximum atomic E-state index is 5.44. The van der Waals surface area contributed by atoms with E-state index >= 15 is 0 Å². The minimum atomic E-state index is 0.789. The molecule has 3 heterocycles. The van der Waals surface area contributed by atoms with E-state index in [0.29, 0.717) is 0 Å². The van der Waals surface area contributed by atoms with Crippen molar-refractivity contribution in [2.24, 2.45) is 0 Å². The average molecular weight is 402 g/mol. The van der Waals surface area contributed by atoms with Crippen molar-refractivity contribution in [1.29, 1.82) is 0 Å². The molecule has 1 N–H and O–H groups in total. The van der Waals surface area contributed by atoms with Crippen LogP contribution in [0.15, 0.2) is 54.6 Å². The summed E-state index contributed by atoms with van der Waals surface area (Å²) in [6.45, 7) is 7.30. The fourth-order valence-corrected chi connectivity index (χ4v) is 4.15. The predicted molar refractivity (Wildman–Crippen MR) is 121 cm³/mol. The Bertz CT molecular complexity index is 1010. The Morgan fingerprint density at radius 3 is 2.43 bits per heavy atom. The minimum absolute atomic E-state index is 0.789. The van der Waals surface area contributed by atoms with Gasteiger partial charge in [0.15, 0.2) is 0 Å². The molecule has 0 radical (unpaired) electrons. The topological polar surface area (TPSA) is 53.5 Å². The molecule has 2 aromatic carbocycles. The zero-order chi connectivity index (χ0) is 20.3. The van der Waals surface area contributed by atoms with Gasteiger partial charge in [0, 0.05) is 49.3 Å². The number of aryl methyl sites for hydroxylation is 1. The van der Waals surface area contributed by atoms with E-state index in [0.717, 1.165) is 69.0 Å². The summed E-state index contributed by atoms with van der Waals surface area (Å²) in [6.07, 6.45) is 1.03. The maximum Gasteiger partial charge on any atom is 0.227 e. The summed E-state index contributed by atoms with van der Waals surface area (Å²) in [4.78, 5) is 14.1. The zero-order valence-corrected chi connectivity index (χ0v) is 17.3. The quantitative estimate of drug-likeness (QED) is 0.715. The summed E-state index contributed by atoms with van der Waals surface area (Å²) in [5, 5.41) is 3.45. The summed E-state index contributed by atoms with van der Waals surface area (Å²) in [5.41, 5.74) is 6.02. The van der Waals surface area contributed by atoms with Crippen LogP contribution in [0.3, 0.4) is 0 Å². The number of nitrogens with one attached hydrogen (secondary N) is 1. The van der Waals surface area contributed by atoms with Gasteiger partial charge in [-0.15, -0.1) is 0 Å². The number of benzene rings is 2. The van der Waals surface area contributed by atoms with Gasteiger partial charge in [0.2, 0.25) is 5.95 Å². The Morgan fingerprint density at radius 1 is 0.867 bits per heavy atom. The molecule has 2 aliphatic rings. The summed E-state index contributed by atoms with van der Waals surface area (Å²) in [6, 6.07) is 19.2. The first-order valence-electron chi connectivity index (χ1n) is 10.6. The van der Waals surface area contributed by atoms with E-state index in [1.807, 2.05) is 13.0 Å². The highest BCUT2D eigenvalue weighted by Crippen LogP contribution is 2.25. The third-order valence-electron chi connectivity index (χ3n) is 5.77. The fraction of sp³-hybridized carbons (Fsp3) is 0.333. The Hall–Kier alpha value is -3.12. The number of aromatic nitrogens is 2. The molecule has 30 heavy (non-hydrogen) atoms. The standard InChI is InChI=1S/C24H27N5O/c1-18-16-23(26-21-6-8-22(9-7-21)28-12-14-30-15-13-28)27-24(25-18)29-11-10-19-4-2-3-5-20(19)17-29/h2-9,16H,10-15,17H2,1H3,(H,25,26,27). The smallest absolute Gasteiger partial charge is 0.227 e. The molecular formula is C24H27N5O. The lowest BCUT2D eigenvalue weighted by molar-refractivity contribution is 0.122. The van der Waals surface area contributed by atoms with Crippen LogP contribution in [0.5, 0.6) is 0 Å². The molecule has 0 aliphatic carbocycles. The second-order valence-corrected chi connectivity index (χ2v) is 7.91. The Balaban J connectivity index is 1.31. The molecule has 154 valence electrons. The van der Waals surface area contributed by atoms with E-state index < -0.39 is 0 Å². The van der Waals surface area contributed by atoms with E-state index in [1.54, 1.807) is 0 Å². The third kappa shape index (κ3) is 4.09. The first-order valence-corrected chi connectivity index (χ1v) is 10.6. The molecule has 0 atom stereocenters. The van der Waals surface area contributed by atoms with Gasteiger partial charge in [-0.05, 0) is 48.7 Å². The van der Waals surface area contributed by atoms with Crippen molar-refractivity contribution in [3.05, 3.63) is 71.4 Å². The van der Waals surface area contributed by atoms with Crippen LogP contribution in [0, 0.1) is 6.92 Å². The van der Waals surface area contributed by atoms with Crippen molar-refractivity contribution in [1.82, 2.24) is 9.97 Å². The first kappa shape index (κ1) is 18.9. The molecule has 3 aromatic rings. The van der Waals surface area contributed by atoms with E-state index in [9.17, 15) is 0 Å². The van der Waals surface area contributed by atoms with E-state index in [4.69, 9.17) is 14.7 Å². The number of morpholine rings is 1. The average Bonchev–Trinajstić information content (AvgIpc) is 2.79. The molecule has 2 aliphatic heterocycles. The fourth-order valence-electron chi connectivity index (χ4n) is 4.15. The van der Waals surface area contributed by atoms with E-state index in [-0.39, 0.29) is 0 Å². The summed E-state index contributed by atoms with van der Waals surface area (Å²) < 4.78 is 5.44. The molecule has 1 fully saturated rings. The van der Waals surface area contributed by atoms with Gasteiger partial charge >= 0.3 is 0 Å². The van der Waals surface area contributed by atoms with Crippen LogP contribution >= 0.6 is 0 Å². The Labute approximate surface area is 177 Å². The lowest BCUT2D eigenvalue weighted by Crippen LogP contribution is -2.36.